The zero-order valence-corrected chi connectivity index (χ0v) is 8.95. The van der Waals surface area contributed by atoms with Crippen LogP contribution < -0.4 is 0 Å². The molecule has 0 rings (SSSR count). The van der Waals surface area contributed by atoms with Crippen molar-refractivity contribution in [2.45, 2.75) is 51.3 Å². The molecule has 10 heavy (non-hydrogen) atoms. The Balaban J connectivity index is 3.12. The van der Waals surface area contributed by atoms with Gasteiger partial charge in [0, 0.05) is 4.83 Å². The van der Waals surface area contributed by atoms with Crippen molar-refractivity contribution in [3.8, 4) is 0 Å². The van der Waals surface area contributed by atoms with Crippen LogP contribution in [0.15, 0.2) is 0 Å². The van der Waals surface area contributed by atoms with Gasteiger partial charge in [0.15, 0.2) is 0 Å². The molecule has 0 fully saturated rings. The van der Waals surface area contributed by atoms with E-state index in [4.69, 9.17) is 0 Å². The molecule has 0 amide bonds. The lowest BCUT2D eigenvalue weighted by Crippen LogP contribution is -1.99. The first-order valence-electron chi connectivity index (χ1n) is 4.30. The molecule has 0 aromatic carbocycles. The van der Waals surface area contributed by atoms with Gasteiger partial charge in [0.05, 0.1) is 0 Å². The fourth-order valence-corrected chi connectivity index (χ4v) is 1.69. The van der Waals surface area contributed by atoms with E-state index in [1.165, 1.54) is 25.7 Å². The molecule has 0 aliphatic heterocycles. The standard InChI is InChI=1S/C9H19Br/c1-4-5-9(10)7-6-8(2)3/h8-9H,4-7H2,1-3H3. The Morgan fingerprint density at radius 1 is 1.10 bits per heavy atom. The highest BCUT2D eigenvalue weighted by molar-refractivity contribution is 9.09. The maximum Gasteiger partial charge on any atom is 0.0145 e. The number of rotatable bonds is 5. The highest BCUT2D eigenvalue weighted by atomic mass is 79.9. The second-order valence-corrected chi connectivity index (χ2v) is 4.65. The van der Waals surface area contributed by atoms with Crippen LogP contribution in [0.25, 0.3) is 0 Å². The van der Waals surface area contributed by atoms with E-state index in [0.29, 0.717) is 0 Å². The summed E-state index contributed by atoms with van der Waals surface area (Å²) in [4.78, 5) is 0.764. The molecule has 1 atom stereocenters. The van der Waals surface area contributed by atoms with E-state index >= 15 is 0 Å². The van der Waals surface area contributed by atoms with Gasteiger partial charge in [-0.2, -0.15) is 0 Å². The summed E-state index contributed by atoms with van der Waals surface area (Å²) in [5.41, 5.74) is 0. The van der Waals surface area contributed by atoms with E-state index in [-0.39, 0.29) is 0 Å². The van der Waals surface area contributed by atoms with Crippen molar-refractivity contribution in [2.24, 2.45) is 5.92 Å². The monoisotopic (exact) mass is 206 g/mol. The van der Waals surface area contributed by atoms with Crippen LogP contribution in [0.4, 0.5) is 0 Å². The van der Waals surface area contributed by atoms with Crippen LogP contribution in [-0.4, -0.2) is 4.83 Å². The Bertz CT molecular complexity index is 69.1. The molecule has 1 unspecified atom stereocenters. The molecule has 0 aliphatic rings. The molecular weight excluding hydrogens is 188 g/mol. The van der Waals surface area contributed by atoms with E-state index in [0.717, 1.165) is 10.7 Å². The highest BCUT2D eigenvalue weighted by Crippen LogP contribution is 2.17. The Labute approximate surface area is 73.5 Å². The Morgan fingerprint density at radius 3 is 2.10 bits per heavy atom. The normalized spacial score (nSPS) is 14.1. The molecule has 0 radical (unpaired) electrons. The molecule has 62 valence electrons. The van der Waals surface area contributed by atoms with Crippen molar-refractivity contribution in [1.82, 2.24) is 0 Å². The minimum absolute atomic E-state index is 0.764. The van der Waals surface area contributed by atoms with Crippen LogP contribution in [-0.2, 0) is 0 Å². The van der Waals surface area contributed by atoms with Gasteiger partial charge in [-0.25, -0.2) is 0 Å². The molecule has 0 heterocycles. The first-order valence-corrected chi connectivity index (χ1v) is 5.22. The second-order valence-electron chi connectivity index (χ2n) is 3.36. The van der Waals surface area contributed by atoms with E-state index in [2.05, 4.69) is 36.7 Å². The van der Waals surface area contributed by atoms with Gasteiger partial charge in [0.25, 0.3) is 0 Å². The van der Waals surface area contributed by atoms with Crippen molar-refractivity contribution in [3.63, 3.8) is 0 Å². The lowest BCUT2D eigenvalue weighted by atomic mass is 10.0. The van der Waals surface area contributed by atoms with Crippen molar-refractivity contribution in [2.75, 3.05) is 0 Å². The van der Waals surface area contributed by atoms with Crippen LogP contribution >= 0.6 is 15.9 Å². The Hall–Kier alpha value is 0.480. The zero-order valence-electron chi connectivity index (χ0n) is 7.36. The maximum atomic E-state index is 3.67. The Kier molecular flexibility index (Phi) is 6.50. The summed E-state index contributed by atoms with van der Waals surface area (Å²) >= 11 is 3.67. The van der Waals surface area contributed by atoms with Gasteiger partial charge in [0.1, 0.15) is 0 Å². The minimum Gasteiger partial charge on any atom is -0.0891 e. The van der Waals surface area contributed by atoms with Gasteiger partial charge in [-0.1, -0.05) is 43.1 Å². The van der Waals surface area contributed by atoms with Gasteiger partial charge >= 0.3 is 0 Å². The number of halogens is 1. The number of alkyl halides is 1. The molecule has 0 N–H and O–H groups in total. The van der Waals surface area contributed by atoms with Gasteiger partial charge in [-0.05, 0) is 25.2 Å². The quantitative estimate of drug-likeness (QED) is 0.598. The molecular formula is C9H19Br. The van der Waals surface area contributed by atoms with Crippen molar-refractivity contribution < 1.29 is 0 Å². The fraction of sp³-hybridized carbons (Fsp3) is 1.00. The first-order chi connectivity index (χ1) is 4.66. The van der Waals surface area contributed by atoms with Gasteiger partial charge in [-0.15, -0.1) is 0 Å². The molecule has 0 aliphatic carbocycles. The largest absolute Gasteiger partial charge is 0.0891 e. The average molecular weight is 207 g/mol. The summed E-state index contributed by atoms with van der Waals surface area (Å²) in [6.45, 7) is 6.81. The average Bonchev–Trinajstić information content (AvgIpc) is 1.85. The van der Waals surface area contributed by atoms with Crippen molar-refractivity contribution in [3.05, 3.63) is 0 Å². The van der Waals surface area contributed by atoms with Gasteiger partial charge in [0.2, 0.25) is 0 Å². The zero-order chi connectivity index (χ0) is 7.98. The topological polar surface area (TPSA) is 0 Å². The van der Waals surface area contributed by atoms with Crippen molar-refractivity contribution in [1.29, 1.82) is 0 Å². The second kappa shape index (κ2) is 6.21. The maximum absolute atomic E-state index is 3.67. The van der Waals surface area contributed by atoms with Crippen LogP contribution in [0.1, 0.15) is 46.5 Å². The molecule has 0 spiro atoms. The van der Waals surface area contributed by atoms with Gasteiger partial charge in [-0.3, -0.25) is 0 Å². The molecule has 0 aromatic heterocycles. The first kappa shape index (κ1) is 10.5. The highest BCUT2D eigenvalue weighted by Gasteiger charge is 2.02. The van der Waals surface area contributed by atoms with E-state index in [9.17, 15) is 0 Å². The van der Waals surface area contributed by atoms with Gasteiger partial charge < -0.3 is 0 Å². The molecule has 0 saturated carbocycles. The summed E-state index contributed by atoms with van der Waals surface area (Å²) < 4.78 is 0. The summed E-state index contributed by atoms with van der Waals surface area (Å²) in [5, 5.41) is 0. The van der Waals surface area contributed by atoms with E-state index in [1.54, 1.807) is 0 Å². The minimum atomic E-state index is 0.764. The number of hydrogen-bond acceptors (Lipinski definition) is 0. The van der Waals surface area contributed by atoms with Crippen molar-refractivity contribution >= 4 is 15.9 Å². The summed E-state index contributed by atoms with van der Waals surface area (Å²) in [6, 6.07) is 0. The third kappa shape index (κ3) is 6.60. The van der Waals surface area contributed by atoms with Crippen LogP contribution in [0, 0.1) is 5.92 Å². The van der Waals surface area contributed by atoms with E-state index in [1.807, 2.05) is 0 Å². The molecule has 0 bridgehead atoms. The molecule has 1 heteroatoms. The smallest absolute Gasteiger partial charge is 0.0145 e. The molecule has 0 aromatic rings. The third-order valence-corrected chi connectivity index (χ3v) is 2.57. The predicted octanol–water partition coefficient (Wildman–Crippen LogP) is 3.99. The SMILES string of the molecule is CCCC(Br)CCC(C)C. The molecule has 0 nitrogen and oxygen atoms in total. The van der Waals surface area contributed by atoms with Crippen LogP contribution in [0.3, 0.4) is 0 Å². The van der Waals surface area contributed by atoms with Crippen LogP contribution in [0.2, 0.25) is 0 Å². The lowest BCUT2D eigenvalue weighted by molar-refractivity contribution is 0.536. The summed E-state index contributed by atoms with van der Waals surface area (Å²) in [6.07, 6.45) is 5.32. The third-order valence-electron chi connectivity index (χ3n) is 1.66. The molecule has 0 saturated heterocycles. The van der Waals surface area contributed by atoms with E-state index < -0.39 is 0 Å². The number of hydrogen-bond donors (Lipinski definition) is 0. The predicted molar refractivity (Wildman–Crippen MR) is 51.7 cm³/mol. The van der Waals surface area contributed by atoms with Crippen LogP contribution in [0.5, 0.6) is 0 Å². The Morgan fingerprint density at radius 2 is 1.70 bits per heavy atom. The fourth-order valence-electron chi connectivity index (χ4n) is 0.972. The summed E-state index contributed by atoms with van der Waals surface area (Å²) in [7, 11) is 0. The lowest BCUT2D eigenvalue weighted by Gasteiger charge is -2.09. The summed E-state index contributed by atoms with van der Waals surface area (Å²) in [5.74, 6) is 0.858.